The molecule has 0 aliphatic rings. The van der Waals surface area contributed by atoms with Crippen LogP contribution in [0.1, 0.15) is 11.1 Å². The molecule has 0 aliphatic carbocycles. The van der Waals surface area contributed by atoms with Gasteiger partial charge in [-0.2, -0.15) is 0 Å². The zero-order valence-corrected chi connectivity index (χ0v) is 13.7. The van der Waals surface area contributed by atoms with Crippen molar-refractivity contribution in [3.05, 3.63) is 61.5 Å². The Balaban J connectivity index is 2.06. The highest BCUT2D eigenvalue weighted by Gasteiger charge is 2.00. The van der Waals surface area contributed by atoms with Crippen LogP contribution in [-0.2, 0) is 6.54 Å². The monoisotopic (exact) mass is 387 g/mol. The fraction of sp³-hybridized carbons (Fsp3) is 0.143. The van der Waals surface area contributed by atoms with E-state index in [1.165, 1.54) is 11.1 Å². The van der Waals surface area contributed by atoms with Gasteiger partial charge in [0.05, 0.1) is 5.02 Å². The highest BCUT2D eigenvalue weighted by molar-refractivity contribution is 9.10. The number of hydrogen-bond acceptors (Lipinski definition) is 1. The number of rotatable bonds is 3. The van der Waals surface area contributed by atoms with Gasteiger partial charge in [0, 0.05) is 21.2 Å². The quantitative estimate of drug-likeness (QED) is 0.701. The summed E-state index contributed by atoms with van der Waals surface area (Å²) in [6.45, 7) is 2.85. The highest BCUT2D eigenvalue weighted by atomic mass is 79.9. The summed E-state index contributed by atoms with van der Waals surface area (Å²) in [6.07, 6.45) is 0. The molecular weight excluding hydrogens is 377 g/mol. The largest absolute Gasteiger partial charge is 0.381 e. The third-order valence-corrected chi connectivity index (χ3v) is 4.74. The molecule has 1 nitrogen and oxygen atoms in total. The minimum atomic E-state index is 0.734. The number of hydrogen-bond donors (Lipinski definition) is 1. The molecule has 2 rings (SSSR count). The van der Waals surface area contributed by atoms with Gasteiger partial charge in [0.2, 0.25) is 0 Å². The average molecular weight is 390 g/mol. The molecule has 2 aromatic carbocycles. The standard InChI is InChI=1S/C14H12Br2ClN/c1-9-6-11(3-4-12(9)15)18-8-10-2-5-14(17)13(16)7-10/h2-7,18H,8H2,1H3. The maximum absolute atomic E-state index is 5.96. The van der Waals surface area contributed by atoms with E-state index >= 15 is 0 Å². The third-order valence-electron chi connectivity index (χ3n) is 2.64. The van der Waals surface area contributed by atoms with Crippen LogP contribution < -0.4 is 5.32 Å². The first-order valence-corrected chi connectivity index (χ1v) is 7.46. The van der Waals surface area contributed by atoms with Crippen LogP contribution in [0.2, 0.25) is 5.02 Å². The van der Waals surface area contributed by atoms with Gasteiger partial charge in [0.25, 0.3) is 0 Å². The van der Waals surface area contributed by atoms with Gasteiger partial charge in [-0.25, -0.2) is 0 Å². The molecule has 0 radical (unpaired) electrons. The van der Waals surface area contributed by atoms with Crippen molar-refractivity contribution < 1.29 is 0 Å². The van der Waals surface area contributed by atoms with E-state index in [2.05, 4.69) is 62.3 Å². The van der Waals surface area contributed by atoms with Crippen LogP contribution in [0.3, 0.4) is 0 Å². The summed E-state index contributed by atoms with van der Waals surface area (Å²) in [6, 6.07) is 12.2. The van der Waals surface area contributed by atoms with Gasteiger partial charge in [-0.05, 0) is 64.3 Å². The Hall–Kier alpha value is -0.510. The van der Waals surface area contributed by atoms with Crippen LogP contribution in [0.25, 0.3) is 0 Å². The van der Waals surface area contributed by atoms with Crippen LogP contribution in [0, 0.1) is 6.92 Å². The lowest BCUT2D eigenvalue weighted by Gasteiger charge is -2.09. The van der Waals surface area contributed by atoms with Crippen molar-refractivity contribution in [3.8, 4) is 0 Å². The summed E-state index contributed by atoms with van der Waals surface area (Å²) in [7, 11) is 0. The van der Waals surface area contributed by atoms with Crippen LogP contribution in [0.4, 0.5) is 5.69 Å². The Morgan fingerprint density at radius 1 is 1.06 bits per heavy atom. The predicted octanol–water partition coefficient (Wildman–Crippen LogP) is 5.79. The lowest BCUT2D eigenvalue weighted by Crippen LogP contribution is -1.99. The summed E-state index contributed by atoms with van der Waals surface area (Å²) in [5, 5.41) is 4.13. The summed E-state index contributed by atoms with van der Waals surface area (Å²) >= 11 is 12.9. The Morgan fingerprint density at radius 2 is 1.83 bits per heavy atom. The van der Waals surface area contributed by atoms with Gasteiger partial charge >= 0.3 is 0 Å². The molecule has 0 fully saturated rings. The van der Waals surface area contributed by atoms with Crippen molar-refractivity contribution >= 4 is 49.1 Å². The average Bonchev–Trinajstić information content (AvgIpc) is 2.35. The van der Waals surface area contributed by atoms with E-state index in [-0.39, 0.29) is 0 Å². The van der Waals surface area contributed by atoms with E-state index in [1.807, 2.05) is 18.2 Å². The molecule has 0 saturated heterocycles. The van der Waals surface area contributed by atoms with Crippen molar-refractivity contribution in [1.82, 2.24) is 0 Å². The topological polar surface area (TPSA) is 12.0 Å². The molecule has 2 aromatic rings. The molecular formula is C14H12Br2ClN. The molecule has 0 unspecified atom stereocenters. The van der Waals surface area contributed by atoms with Gasteiger partial charge in [-0.3, -0.25) is 0 Å². The van der Waals surface area contributed by atoms with Crippen LogP contribution in [-0.4, -0.2) is 0 Å². The first kappa shape index (κ1) is 13.9. The van der Waals surface area contributed by atoms with Crippen molar-refractivity contribution in [3.63, 3.8) is 0 Å². The SMILES string of the molecule is Cc1cc(NCc2ccc(Cl)c(Br)c2)ccc1Br. The van der Waals surface area contributed by atoms with Crippen molar-refractivity contribution in [1.29, 1.82) is 0 Å². The molecule has 18 heavy (non-hydrogen) atoms. The number of nitrogens with one attached hydrogen (secondary N) is 1. The van der Waals surface area contributed by atoms with Gasteiger partial charge in [0.15, 0.2) is 0 Å². The molecule has 94 valence electrons. The van der Waals surface area contributed by atoms with Gasteiger partial charge in [-0.15, -0.1) is 0 Å². The van der Waals surface area contributed by atoms with Gasteiger partial charge in [-0.1, -0.05) is 33.6 Å². The smallest absolute Gasteiger partial charge is 0.0548 e. The maximum Gasteiger partial charge on any atom is 0.0548 e. The van der Waals surface area contributed by atoms with Crippen LogP contribution in [0.15, 0.2) is 45.3 Å². The second-order valence-electron chi connectivity index (χ2n) is 4.07. The normalized spacial score (nSPS) is 10.4. The molecule has 0 bridgehead atoms. The van der Waals surface area contributed by atoms with Gasteiger partial charge in [0.1, 0.15) is 0 Å². The predicted molar refractivity (Wildman–Crippen MR) is 85.4 cm³/mol. The highest BCUT2D eigenvalue weighted by Crippen LogP contribution is 2.24. The summed E-state index contributed by atoms with van der Waals surface area (Å²) in [4.78, 5) is 0. The number of anilines is 1. The minimum Gasteiger partial charge on any atom is -0.381 e. The fourth-order valence-corrected chi connectivity index (χ4v) is 2.40. The number of aryl methyl sites for hydroxylation is 1. The summed E-state index contributed by atoms with van der Waals surface area (Å²) in [5.41, 5.74) is 3.52. The Morgan fingerprint density at radius 3 is 2.50 bits per heavy atom. The van der Waals surface area contributed by atoms with Crippen LogP contribution >= 0.6 is 43.5 Å². The lowest BCUT2D eigenvalue weighted by atomic mass is 10.2. The van der Waals surface area contributed by atoms with Gasteiger partial charge < -0.3 is 5.32 Å². The molecule has 1 N–H and O–H groups in total. The Bertz CT molecular complexity index is 518. The van der Waals surface area contributed by atoms with E-state index < -0.39 is 0 Å². The molecule has 0 spiro atoms. The molecule has 0 aromatic heterocycles. The summed E-state index contributed by atoms with van der Waals surface area (Å²) in [5.74, 6) is 0. The van der Waals surface area contributed by atoms with Crippen molar-refractivity contribution in [2.75, 3.05) is 5.32 Å². The number of halogens is 3. The second kappa shape index (κ2) is 6.09. The van der Waals surface area contributed by atoms with Crippen molar-refractivity contribution in [2.45, 2.75) is 13.5 Å². The Labute approximate surface area is 129 Å². The molecule has 0 amide bonds. The molecule has 0 saturated carbocycles. The van der Waals surface area contributed by atoms with E-state index in [0.717, 1.165) is 26.2 Å². The van der Waals surface area contributed by atoms with E-state index in [9.17, 15) is 0 Å². The Kier molecular flexibility index (Phi) is 4.71. The second-order valence-corrected chi connectivity index (χ2v) is 6.18. The lowest BCUT2D eigenvalue weighted by molar-refractivity contribution is 1.14. The third kappa shape index (κ3) is 3.50. The molecule has 4 heteroatoms. The first-order valence-electron chi connectivity index (χ1n) is 5.50. The summed E-state index contributed by atoms with van der Waals surface area (Å²) < 4.78 is 2.05. The molecule has 0 aliphatic heterocycles. The molecule has 0 atom stereocenters. The van der Waals surface area contributed by atoms with Crippen molar-refractivity contribution in [2.24, 2.45) is 0 Å². The van der Waals surface area contributed by atoms with Crippen LogP contribution in [0.5, 0.6) is 0 Å². The number of benzene rings is 2. The zero-order chi connectivity index (χ0) is 13.1. The first-order chi connectivity index (χ1) is 8.56. The zero-order valence-electron chi connectivity index (χ0n) is 9.81. The maximum atomic E-state index is 5.96. The van der Waals surface area contributed by atoms with E-state index in [0.29, 0.717) is 0 Å². The minimum absolute atomic E-state index is 0.734. The fourth-order valence-electron chi connectivity index (χ4n) is 1.61. The van der Waals surface area contributed by atoms with E-state index in [1.54, 1.807) is 0 Å². The van der Waals surface area contributed by atoms with E-state index in [4.69, 9.17) is 11.6 Å². The molecule has 0 heterocycles.